The third kappa shape index (κ3) is 5.70. The molecule has 0 radical (unpaired) electrons. The Morgan fingerprint density at radius 3 is 2.36 bits per heavy atom. The molecule has 0 saturated heterocycles. The Morgan fingerprint density at radius 2 is 1.68 bits per heavy atom. The molecule has 3 N–H and O–H groups in total. The van der Waals surface area contributed by atoms with Gasteiger partial charge in [-0.05, 0) is 36.4 Å². The van der Waals surface area contributed by atoms with Crippen LogP contribution in [0.4, 0.5) is 17.1 Å². The number of rotatable bonds is 9. The summed E-state index contributed by atoms with van der Waals surface area (Å²) in [5.74, 6) is 0.783. The quantitative estimate of drug-likeness (QED) is 0.153. The van der Waals surface area contributed by atoms with E-state index in [4.69, 9.17) is 0 Å². The van der Waals surface area contributed by atoms with Gasteiger partial charge in [-0.3, -0.25) is 10.1 Å². The second kappa shape index (κ2) is 10.1. The van der Waals surface area contributed by atoms with E-state index < -0.39 is 13.2 Å². The summed E-state index contributed by atoms with van der Waals surface area (Å²) in [6.07, 6.45) is 0. The van der Waals surface area contributed by atoms with Gasteiger partial charge >= 0.3 is 0 Å². The second-order valence-corrected chi connectivity index (χ2v) is 8.37. The van der Waals surface area contributed by atoms with Gasteiger partial charge in [0.2, 0.25) is 0 Å². The van der Waals surface area contributed by atoms with Crippen LogP contribution in [-0.4, -0.2) is 22.1 Å². The molecule has 0 bridgehead atoms. The van der Waals surface area contributed by atoms with Gasteiger partial charge in [-0.2, -0.15) is 0 Å². The Kier molecular flexibility index (Phi) is 7.25. The van der Waals surface area contributed by atoms with Crippen molar-refractivity contribution in [2.75, 3.05) is 22.7 Å². The zero-order valence-corrected chi connectivity index (χ0v) is 16.7. The average Bonchev–Trinajstić information content (AvgIpc) is 2.72. The van der Waals surface area contributed by atoms with E-state index in [1.54, 1.807) is 23.9 Å². The molecule has 1 unspecified atom stereocenters. The summed E-state index contributed by atoms with van der Waals surface area (Å²) in [5.41, 5.74) is 1.17. The molecule has 0 aliphatic heterocycles. The molecule has 0 aromatic heterocycles. The van der Waals surface area contributed by atoms with Crippen molar-refractivity contribution in [3.63, 3.8) is 0 Å². The molecular weight excluding hydrogens is 393 g/mol. The molecule has 6 nitrogen and oxygen atoms in total. The molecule has 0 saturated carbocycles. The highest BCUT2D eigenvalue weighted by atomic mass is 32.2. The minimum Gasteiger partial charge on any atom is -0.379 e. The molecule has 3 rings (SSSR count). The zero-order valence-electron chi connectivity index (χ0n) is 15.0. The largest absolute Gasteiger partial charge is 0.379 e. The lowest BCUT2D eigenvalue weighted by Crippen LogP contribution is -2.11. The molecule has 0 amide bonds. The highest BCUT2D eigenvalue weighted by Gasteiger charge is 2.18. The predicted molar refractivity (Wildman–Crippen MR) is 118 cm³/mol. The summed E-state index contributed by atoms with van der Waals surface area (Å²) in [5, 5.41) is 18.1. The summed E-state index contributed by atoms with van der Waals surface area (Å²) >= 11 is 1.68. The fraction of sp³-hybridized carbons (Fsp3) is 0.100. The number of benzene rings is 3. The first-order valence-corrected chi connectivity index (χ1v) is 10.9. The van der Waals surface area contributed by atoms with Crippen LogP contribution in [0.25, 0.3) is 0 Å². The van der Waals surface area contributed by atoms with Crippen molar-refractivity contribution in [2.24, 2.45) is 0 Å². The predicted octanol–water partition coefficient (Wildman–Crippen LogP) is 4.84. The maximum atomic E-state index is 11.5. The monoisotopic (exact) mass is 413 g/mol. The minimum absolute atomic E-state index is 0.0429. The van der Waals surface area contributed by atoms with Crippen molar-refractivity contribution in [1.82, 2.24) is 0 Å². The number of hydrogen-bond acceptors (Lipinski definition) is 6. The van der Waals surface area contributed by atoms with Gasteiger partial charge in [0.05, 0.1) is 4.92 Å². The van der Waals surface area contributed by atoms with Crippen LogP contribution in [0.2, 0.25) is 0 Å². The molecule has 0 aliphatic carbocycles. The number of nitrogens with zero attached hydrogens (tertiary/aromatic N) is 1. The maximum Gasteiger partial charge on any atom is 0.293 e. The summed E-state index contributed by atoms with van der Waals surface area (Å²) in [4.78, 5) is 22.6. The van der Waals surface area contributed by atoms with E-state index in [1.165, 1.54) is 6.07 Å². The Bertz CT molecular complexity index is 913. The molecule has 0 fully saturated rings. The van der Waals surface area contributed by atoms with Crippen LogP contribution in [0.15, 0.2) is 83.8 Å². The second-order valence-electron chi connectivity index (χ2n) is 5.84. The van der Waals surface area contributed by atoms with Crippen molar-refractivity contribution in [1.29, 1.82) is 0 Å². The van der Waals surface area contributed by atoms with Gasteiger partial charge in [-0.25, -0.2) is 0 Å². The van der Waals surface area contributed by atoms with E-state index in [0.29, 0.717) is 17.5 Å². The fourth-order valence-corrected chi connectivity index (χ4v) is 4.30. The van der Waals surface area contributed by atoms with Crippen molar-refractivity contribution >= 4 is 42.4 Å². The molecule has 8 heteroatoms. The zero-order chi connectivity index (χ0) is 19.8. The van der Waals surface area contributed by atoms with E-state index in [-0.39, 0.29) is 5.69 Å². The van der Waals surface area contributed by atoms with Crippen LogP contribution >= 0.6 is 20.1 Å². The third-order valence-corrected chi connectivity index (χ3v) is 6.11. The van der Waals surface area contributed by atoms with Crippen LogP contribution in [0.1, 0.15) is 0 Å². The fourth-order valence-electron chi connectivity index (χ4n) is 2.52. The average molecular weight is 413 g/mol. The molecule has 3 aromatic carbocycles. The van der Waals surface area contributed by atoms with Crippen LogP contribution < -0.4 is 15.7 Å². The first kappa shape index (κ1) is 20.1. The Morgan fingerprint density at radius 1 is 1.00 bits per heavy atom. The highest BCUT2D eigenvalue weighted by molar-refractivity contribution is 7.99. The molecule has 28 heavy (non-hydrogen) atoms. The number of thioether (sulfide) groups is 1. The van der Waals surface area contributed by atoms with Gasteiger partial charge in [0.1, 0.15) is 5.69 Å². The SMILES string of the molecule is O=[N+]([O-])c1cc(P(O)Nc2ccccc2)ccc1NCCSc1ccccc1. The van der Waals surface area contributed by atoms with Gasteiger partial charge < -0.3 is 15.3 Å². The van der Waals surface area contributed by atoms with Gasteiger partial charge in [-0.1, -0.05) is 36.4 Å². The topological polar surface area (TPSA) is 87.4 Å². The van der Waals surface area contributed by atoms with Crippen molar-refractivity contribution in [2.45, 2.75) is 4.90 Å². The van der Waals surface area contributed by atoms with E-state index in [1.807, 2.05) is 60.7 Å². The number of hydrogen-bond donors (Lipinski definition) is 3. The summed E-state index contributed by atoms with van der Waals surface area (Å²) < 4.78 is 0. The molecule has 1 atom stereocenters. The first-order valence-electron chi connectivity index (χ1n) is 8.64. The molecular formula is C20H20N3O3PS. The molecule has 0 spiro atoms. The molecule has 0 heterocycles. The van der Waals surface area contributed by atoms with E-state index in [9.17, 15) is 15.0 Å². The van der Waals surface area contributed by atoms with Gasteiger partial charge in [0, 0.05) is 34.3 Å². The number of nitrogens with one attached hydrogen (secondary N) is 2. The molecule has 3 aromatic rings. The van der Waals surface area contributed by atoms with E-state index in [0.717, 1.165) is 16.3 Å². The van der Waals surface area contributed by atoms with Crippen molar-refractivity contribution in [3.8, 4) is 0 Å². The Balaban J connectivity index is 1.63. The van der Waals surface area contributed by atoms with Crippen LogP contribution in [0, 0.1) is 10.1 Å². The van der Waals surface area contributed by atoms with Crippen molar-refractivity contribution < 1.29 is 9.82 Å². The Labute approximate surface area is 169 Å². The number of para-hydroxylation sites is 1. The summed E-state index contributed by atoms with van der Waals surface area (Å²) in [7, 11) is -1.74. The first-order chi connectivity index (χ1) is 13.6. The van der Waals surface area contributed by atoms with E-state index in [2.05, 4.69) is 10.4 Å². The number of anilines is 2. The molecule has 0 aliphatic rings. The number of nitro groups is 1. The van der Waals surface area contributed by atoms with Crippen LogP contribution in [0.3, 0.4) is 0 Å². The van der Waals surface area contributed by atoms with Gasteiger partial charge in [-0.15, -0.1) is 11.8 Å². The van der Waals surface area contributed by atoms with Gasteiger partial charge in [0.25, 0.3) is 5.69 Å². The normalized spacial score (nSPS) is 11.6. The summed E-state index contributed by atoms with van der Waals surface area (Å²) in [6, 6.07) is 24.0. The maximum absolute atomic E-state index is 11.5. The minimum atomic E-state index is -1.74. The lowest BCUT2D eigenvalue weighted by molar-refractivity contribution is -0.383. The lowest BCUT2D eigenvalue weighted by Gasteiger charge is -2.14. The third-order valence-electron chi connectivity index (χ3n) is 3.86. The van der Waals surface area contributed by atoms with E-state index >= 15 is 0 Å². The standard InChI is InChI=1S/C20H20N3O3PS/c24-23(25)20-15-17(27(26)22-16-7-3-1-4-8-16)11-12-19(20)21-13-14-28-18-9-5-2-6-10-18/h1-12,15,21-22,26H,13-14H2. The highest BCUT2D eigenvalue weighted by Crippen LogP contribution is 2.34. The number of nitro benzene ring substituents is 1. The van der Waals surface area contributed by atoms with Crippen LogP contribution in [0.5, 0.6) is 0 Å². The van der Waals surface area contributed by atoms with Crippen LogP contribution in [-0.2, 0) is 0 Å². The van der Waals surface area contributed by atoms with Gasteiger partial charge in [0.15, 0.2) is 8.30 Å². The summed E-state index contributed by atoms with van der Waals surface area (Å²) in [6.45, 7) is 0.593. The van der Waals surface area contributed by atoms with Crippen molar-refractivity contribution in [3.05, 3.63) is 89.0 Å². The smallest absolute Gasteiger partial charge is 0.293 e. The Hall–Kier alpha value is -2.60. The lowest BCUT2D eigenvalue weighted by atomic mass is 10.2. The molecule has 144 valence electrons.